The Balaban J connectivity index is 1.84. The van der Waals surface area contributed by atoms with Crippen LogP contribution in [0.25, 0.3) is 10.3 Å². The van der Waals surface area contributed by atoms with Crippen molar-refractivity contribution >= 4 is 26.8 Å². The third kappa shape index (κ3) is 1.81. The minimum Gasteiger partial charge on any atom is -0.359 e. The van der Waals surface area contributed by atoms with E-state index >= 15 is 0 Å². The molecule has 0 amide bonds. The van der Waals surface area contributed by atoms with Crippen LogP contribution in [0.3, 0.4) is 0 Å². The van der Waals surface area contributed by atoms with Crippen molar-refractivity contribution < 1.29 is 0 Å². The Morgan fingerprint density at radius 1 is 1.33 bits per heavy atom. The topological polar surface area (TPSA) is 37.8 Å². The Morgan fingerprint density at radius 2 is 2.20 bits per heavy atom. The van der Waals surface area contributed by atoms with Crippen molar-refractivity contribution in [1.29, 1.82) is 0 Å². The molecule has 0 radical (unpaired) electrons. The second-order valence-electron chi connectivity index (χ2n) is 3.97. The molecule has 0 aliphatic heterocycles. The summed E-state index contributed by atoms with van der Waals surface area (Å²) in [4.78, 5) is 9.84. The highest BCUT2D eigenvalue weighted by Crippen LogP contribution is 2.27. The molecule has 1 N–H and O–H groups in total. The van der Waals surface area contributed by atoms with Crippen molar-refractivity contribution in [2.24, 2.45) is 0 Å². The van der Waals surface area contributed by atoms with Crippen LogP contribution in [0.15, 0.2) is 18.3 Å². The summed E-state index contributed by atoms with van der Waals surface area (Å²) in [5.74, 6) is 0. The highest BCUT2D eigenvalue weighted by Gasteiger charge is 2.16. The summed E-state index contributed by atoms with van der Waals surface area (Å²) in [5, 5.41) is 4.52. The standard InChI is InChI=1S/C11H13N3S/c1-2-5-8(4-1)13-11-14-9-6-3-7-12-10(9)15-11/h3,6-8H,1-2,4-5H2,(H,13,14). The highest BCUT2D eigenvalue weighted by molar-refractivity contribution is 7.21. The highest BCUT2D eigenvalue weighted by atomic mass is 32.1. The van der Waals surface area contributed by atoms with Crippen LogP contribution in [0.1, 0.15) is 25.7 Å². The van der Waals surface area contributed by atoms with Crippen LogP contribution >= 0.6 is 11.3 Å². The zero-order valence-corrected chi connectivity index (χ0v) is 9.26. The number of fused-ring (bicyclic) bond motifs is 1. The molecular formula is C11H13N3S. The number of pyridine rings is 1. The quantitative estimate of drug-likeness (QED) is 0.843. The Morgan fingerprint density at radius 3 is 3.00 bits per heavy atom. The van der Waals surface area contributed by atoms with E-state index in [0.717, 1.165) is 15.5 Å². The number of thiazole rings is 1. The lowest BCUT2D eigenvalue weighted by Crippen LogP contribution is -2.13. The summed E-state index contributed by atoms with van der Waals surface area (Å²) in [6.45, 7) is 0. The van der Waals surface area contributed by atoms with Crippen LogP contribution in [-0.2, 0) is 0 Å². The summed E-state index contributed by atoms with van der Waals surface area (Å²) in [5.41, 5.74) is 1.00. The van der Waals surface area contributed by atoms with Gasteiger partial charge in [0.05, 0.1) is 0 Å². The molecule has 15 heavy (non-hydrogen) atoms. The number of anilines is 1. The number of rotatable bonds is 2. The predicted molar refractivity (Wildman–Crippen MR) is 63.3 cm³/mol. The van der Waals surface area contributed by atoms with E-state index in [0.29, 0.717) is 6.04 Å². The first kappa shape index (κ1) is 9.09. The third-order valence-corrected chi connectivity index (χ3v) is 3.76. The van der Waals surface area contributed by atoms with E-state index < -0.39 is 0 Å². The fourth-order valence-corrected chi connectivity index (χ4v) is 2.96. The second-order valence-corrected chi connectivity index (χ2v) is 4.95. The van der Waals surface area contributed by atoms with Crippen LogP contribution < -0.4 is 5.32 Å². The molecule has 0 unspecified atom stereocenters. The largest absolute Gasteiger partial charge is 0.359 e. The maximum Gasteiger partial charge on any atom is 0.185 e. The molecule has 1 fully saturated rings. The molecule has 3 nitrogen and oxygen atoms in total. The molecule has 0 aromatic carbocycles. The van der Waals surface area contributed by atoms with Crippen molar-refractivity contribution in [3.63, 3.8) is 0 Å². The molecule has 78 valence electrons. The van der Waals surface area contributed by atoms with Crippen molar-refractivity contribution in [3.05, 3.63) is 18.3 Å². The van der Waals surface area contributed by atoms with Gasteiger partial charge in [-0.3, -0.25) is 0 Å². The first-order valence-corrected chi connectivity index (χ1v) is 6.21. The van der Waals surface area contributed by atoms with Gasteiger partial charge < -0.3 is 5.32 Å². The molecule has 0 bridgehead atoms. The first-order chi connectivity index (χ1) is 7.42. The number of nitrogens with zero attached hydrogens (tertiary/aromatic N) is 2. The van der Waals surface area contributed by atoms with Gasteiger partial charge >= 0.3 is 0 Å². The average Bonchev–Trinajstić information content (AvgIpc) is 2.86. The summed E-state index contributed by atoms with van der Waals surface area (Å²) in [6.07, 6.45) is 7.08. The van der Waals surface area contributed by atoms with Gasteiger partial charge in [-0.25, -0.2) is 9.97 Å². The second kappa shape index (κ2) is 3.77. The van der Waals surface area contributed by atoms with Crippen molar-refractivity contribution in [1.82, 2.24) is 9.97 Å². The normalized spacial score (nSPS) is 17.3. The van der Waals surface area contributed by atoms with Gasteiger partial charge in [0.25, 0.3) is 0 Å². The zero-order valence-electron chi connectivity index (χ0n) is 8.44. The molecule has 2 aromatic heterocycles. The van der Waals surface area contributed by atoms with E-state index in [-0.39, 0.29) is 0 Å². The van der Waals surface area contributed by atoms with Gasteiger partial charge in [-0.15, -0.1) is 0 Å². The van der Waals surface area contributed by atoms with Gasteiger partial charge in [0, 0.05) is 12.2 Å². The number of hydrogen-bond donors (Lipinski definition) is 1. The van der Waals surface area contributed by atoms with Gasteiger partial charge in [-0.05, 0) is 25.0 Å². The monoisotopic (exact) mass is 219 g/mol. The predicted octanol–water partition coefficient (Wildman–Crippen LogP) is 3.05. The van der Waals surface area contributed by atoms with E-state index in [1.165, 1.54) is 25.7 Å². The Hall–Kier alpha value is -1.16. The molecular weight excluding hydrogens is 206 g/mol. The molecule has 1 aliphatic carbocycles. The van der Waals surface area contributed by atoms with E-state index in [1.807, 2.05) is 18.3 Å². The Kier molecular flexibility index (Phi) is 2.29. The van der Waals surface area contributed by atoms with Gasteiger partial charge in [0.1, 0.15) is 10.3 Å². The van der Waals surface area contributed by atoms with Gasteiger partial charge in [-0.1, -0.05) is 24.2 Å². The van der Waals surface area contributed by atoms with Crippen molar-refractivity contribution in [3.8, 4) is 0 Å². The van der Waals surface area contributed by atoms with E-state index in [9.17, 15) is 0 Å². The van der Waals surface area contributed by atoms with Crippen LogP contribution in [0.2, 0.25) is 0 Å². The summed E-state index contributed by atoms with van der Waals surface area (Å²) in [6, 6.07) is 4.57. The van der Waals surface area contributed by atoms with E-state index in [4.69, 9.17) is 0 Å². The molecule has 3 rings (SSSR count). The fraction of sp³-hybridized carbons (Fsp3) is 0.455. The minimum absolute atomic E-state index is 0.630. The molecule has 0 saturated heterocycles. The SMILES string of the molecule is c1cnc2sc(NC3CCCC3)nc2c1. The van der Waals surface area contributed by atoms with Crippen molar-refractivity contribution in [2.75, 3.05) is 5.32 Å². The summed E-state index contributed by atoms with van der Waals surface area (Å²) < 4.78 is 0. The number of hydrogen-bond acceptors (Lipinski definition) is 4. The molecule has 0 atom stereocenters. The smallest absolute Gasteiger partial charge is 0.185 e. The lowest BCUT2D eigenvalue weighted by Gasteiger charge is -2.08. The maximum atomic E-state index is 4.52. The molecule has 4 heteroatoms. The molecule has 1 aliphatic rings. The van der Waals surface area contributed by atoms with Gasteiger partial charge in [0.2, 0.25) is 0 Å². The Bertz CT molecular complexity index is 427. The first-order valence-electron chi connectivity index (χ1n) is 5.40. The molecule has 2 aromatic rings. The summed E-state index contributed by atoms with van der Waals surface area (Å²) >= 11 is 1.65. The minimum atomic E-state index is 0.630. The lowest BCUT2D eigenvalue weighted by molar-refractivity contribution is 0.754. The van der Waals surface area contributed by atoms with Crippen LogP contribution in [0.5, 0.6) is 0 Å². The maximum absolute atomic E-state index is 4.52. The van der Waals surface area contributed by atoms with Gasteiger partial charge in [0.15, 0.2) is 5.13 Å². The van der Waals surface area contributed by atoms with Crippen LogP contribution in [0, 0.1) is 0 Å². The molecule has 0 spiro atoms. The van der Waals surface area contributed by atoms with Crippen LogP contribution in [-0.4, -0.2) is 16.0 Å². The van der Waals surface area contributed by atoms with Crippen LogP contribution in [0.4, 0.5) is 5.13 Å². The fourth-order valence-electron chi connectivity index (χ4n) is 2.08. The average molecular weight is 219 g/mol. The van der Waals surface area contributed by atoms with Crippen molar-refractivity contribution in [2.45, 2.75) is 31.7 Å². The molecule has 2 heterocycles. The Labute approximate surface area is 92.6 Å². The number of aromatic nitrogens is 2. The third-order valence-electron chi connectivity index (χ3n) is 2.85. The zero-order chi connectivity index (χ0) is 10.1. The van der Waals surface area contributed by atoms with E-state index in [2.05, 4.69) is 15.3 Å². The summed E-state index contributed by atoms with van der Waals surface area (Å²) in [7, 11) is 0. The van der Waals surface area contributed by atoms with Gasteiger partial charge in [-0.2, -0.15) is 0 Å². The lowest BCUT2D eigenvalue weighted by atomic mass is 10.3. The molecule has 1 saturated carbocycles. The van der Waals surface area contributed by atoms with E-state index in [1.54, 1.807) is 11.3 Å². The number of nitrogens with one attached hydrogen (secondary N) is 1.